The van der Waals surface area contributed by atoms with E-state index in [2.05, 4.69) is 40.4 Å². The molecule has 0 amide bonds. The number of aliphatic hydroxyl groups is 1. The van der Waals surface area contributed by atoms with Crippen LogP contribution in [0, 0.1) is 11.8 Å². The van der Waals surface area contributed by atoms with Crippen molar-refractivity contribution in [1.82, 2.24) is 0 Å². The molecule has 1 N–H and O–H groups in total. The molecule has 5 heteroatoms. The molecule has 0 spiro atoms. The van der Waals surface area contributed by atoms with Crippen molar-refractivity contribution < 1.29 is 19.1 Å². The normalized spacial score (nSPS) is 20.6. The molecule has 0 aromatic heterocycles. The van der Waals surface area contributed by atoms with Gasteiger partial charge in [0.25, 0.3) is 0 Å². The lowest BCUT2D eigenvalue weighted by Crippen LogP contribution is -2.51. The Hall–Kier alpha value is -0.653. The van der Waals surface area contributed by atoms with E-state index in [0.29, 0.717) is 11.5 Å². The first-order valence-electron chi connectivity index (χ1n) is 9.55. The number of aliphatic hydroxyl groups excluding tert-OH is 1. The van der Waals surface area contributed by atoms with Gasteiger partial charge in [0.15, 0.2) is 8.32 Å². The van der Waals surface area contributed by atoms with Gasteiger partial charge >= 0.3 is 5.97 Å². The summed E-state index contributed by atoms with van der Waals surface area (Å²) in [5, 5.41) is 11.2. The van der Waals surface area contributed by atoms with E-state index in [1.54, 1.807) is 0 Å². The molecule has 3 atom stereocenters. The fraction of sp³-hybridized carbons (Fsp3) is 0.850. The summed E-state index contributed by atoms with van der Waals surface area (Å²) in [4.78, 5) is 11.8. The molecule has 1 saturated carbocycles. The number of carbonyl (C=O) groups excluding carboxylic acids is 1. The van der Waals surface area contributed by atoms with Crippen molar-refractivity contribution in [3.63, 3.8) is 0 Å². The van der Waals surface area contributed by atoms with Crippen LogP contribution in [0.15, 0.2) is 12.2 Å². The Bertz CT molecular complexity index is 461. The topological polar surface area (TPSA) is 55.8 Å². The fourth-order valence-electron chi connectivity index (χ4n) is 3.23. The van der Waals surface area contributed by atoms with Crippen molar-refractivity contribution in [2.45, 2.75) is 90.1 Å². The maximum absolute atomic E-state index is 11.8. The summed E-state index contributed by atoms with van der Waals surface area (Å²) < 4.78 is 11.5. The van der Waals surface area contributed by atoms with Crippen LogP contribution in [0.2, 0.25) is 18.1 Å². The number of hydrogen-bond acceptors (Lipinski definition) is 4. The summed E-state index contributed by atoms with van der Waals surface area (Å²) in [5.41, 5.74) is 0.314. The second-order valence-electron chi connectivity index (χ2n) is 9.04. The molecule has 0 radical (unpaired) electrons. The second-order valence-corrected chi connectivity index (χ2v) is 13.8. The highest BCUT2D eigenvalue weighted by molar-refractivity contribution is 6.74. The predicted octanol–water partition coefficient (Wildman–Crippen LogP) is 4.68. The van der Waals surface area contributed by atoms with Crippen LogP contribution in [0.4, 0.5) is 0 Å². The van der Waals surface area contributed by atoms with Crippen LogP contribution in [0.5, 0.6) is 0 Å². The number of methoxy groups -OCH3 is 1. The molecule has 1 aliphatic rings. The van der Waals surface area contributed by atoms with Crippen LogP contribution >= 0.6 is 0 Å². The van der Waals surface area contributed by atoms with Crippen LogP contribution in [0.3, 0.4) is 0 Å². The Morgan fingerprint density at radius 1 is 1.20 bits per heavy atom. The first-order valence-corrected chi connectivity index (χ1v) is 12.5. The molecular formula is C20H38O4Si. The maximum Gasteiger partial charge on any atom is 0.333 e. The molecule has 0 aliphatic heterocycles. The molecule has 0 saturated heterocycles. The van der Waals surface area contributed by atoms with E-state index in [9.17, 15) is 9.90 Å². The smallest absolute Gasteiger partial charge is 0.333 e. The summed E-state index contributed by atoms with van der Waals surface area (Å²) in [5.74, 6) is -0.504. The minimum Gasteiger partial charge on any atom is -0.466 e. The Kier molecular flexibility index (Phi) is 7.90. The third kappa shape index (κ3) is 5.66. The van der Waals surface area contributed by atoms with E-state index >= 15 is 0 Å². The SMILES string of the molecule is C=C(C(=O)OC)[C@@H](C)[C@H](O)[C@H](O[Si](C)(C)C(C)(C)C)C1CCCCC1. The highest BCUT2D eigenvalue weighted by atomic mass is 28.4. The highest BCUT2D eigenvalue weighted by Gasteiger charge is 2.44. The average molecular weight is 371 g/mol. The van der Waals surface area contributed by atoms with Crippen molar-refractivity contribution >= 4 is 14.3 Å². The largest absolute Gasteiger partial charge is 0.466 e. The van der Waals surface area contributed by atoms with Crippen molar-refractivity contribution in [3.8, 4) is 0 Å². The monoisotopic (exact) mass is 370 g/mol. The van der Waals surface area contributed by atoms with Crippen molar-refractivity contribution in [2.24, 2.45) is 11.8 Å². The van der Waals surface area contributed by atoms with Crippen LogP contribution < -0.4 is 0 Å². The Morgan fingerprint density at radius 2 is 1.72 bits per heavy atom. The van der Waals surface area contributed by atoms with E-state index in [-0.39, 0.29) is 17.1 Å². The predicted molar refractivity (Wildman–Crippen MR) is 105 cm³/mol. The van der Waals surface area contributed by atoms with Crippen molar-refractivity contribution in [3.05, 3.63) is 12.2 Å². The van der Waals surface area contributed by atoms with E-state index in [4.69, 9.17) is 9.16 Å². The zero-order valence-corrected chi connectivity index (χ0v) is 18.2. The number of esters is 1. The summed E-state index contributed by atoms with van der Waals surface area (Å²) in [6, 6.07) is 0. The minimum absolute atomic E-state index is 0.0717. The van der Waals surface area contributed by atoms with Gasteiger partial charge < -0.3 is 14.3 Å². The van der Waals surface area contributed by atoms with Gasteiger partial charge in [-0.25, -0.2) is 4.79 Å². The Balaban J connectivity index is 3.04. The fourth-order valence-corrected chi connectivity index (χ4v) is 4.60. The van der Waals surface area contributed by atoms with Crippen LogP contribution in [0.1, 0.15) is 59.8 Å². The third-order valence-electron chi connectivity index (χ3n) is 6.20. The number of hydrogen-bond donors (Lipinski definition) is 1. The maximum atomic E-state index is 11.8. The number of rotatable bonds is 7. The van der Waals surface area contributed by atoms with E-state index < -0.39 is 20.4 Å². The minimum atomic E-state index is -2.04. The zero-order chi connectivity index (χ0) is 19.4. The summed E-state index contributed by atoms with van der Waals surface area (Å²) in [6.07, 6.45) is 4.77. The molecule has 1 fully saturated rings. The van der Waals surface area contributed by atoms with E-state index in [0.717, 1.165) is 12.8 Å². The van der Waals surface area contributed by atoms with E-state index in [1.807, 2.05) is 6.92 Å². The molecule has 25 heavy (non-hydrogen) atoms. The lowest BCUT2D eigenvalue weighted by Gasteiger charge is -2.45. The van der Waals surface area contributed by atoms with Gasteiger partial charge in [0, 0.05) is 11.5 Å². The van der Waals surface area contributed by atoms with Gasteiger partial charge in [-0.3, -0.25) is 0 Å². The van der Waals surface area contributed by atoms with Crippen molar-refractivity contribution in [1.29, 1.82) is 0 Å². The molecular weight excluding hydrogens is 332 g/mol. The summed E-state index contributed by atoms with van der Waals surface area (Å²) >= 11 is 0. The first kappa shape index (κ1) is 22.4. The number of ether oxygens (including phenoxy) is 1. The Morgan fingerprint density at radius 3 is 2.16 bits per heavy atom. The van der Waals surface area contributed by atoms with Crippen LogP contribution in [0.25, 0.3) is 0 Å². The quantitative estimate of drug-likeness (QED) is 0.401. The molecule has 0 aromatic rings. The van der Waals surface area contributed by atoms with Gasteiger partial charge in [0.2, 0.25) is 0 Å². The summed E-state index contributed by atoms with van der Waals surface area (Å²) in [6.45, 7) is 16.7. The third-order valence-corrected chi connectivity index (χ3v) is 10.7. The van der Waals surface area contributed by atoms with Gasteiger partial charge in [-0.05, 0) is 36.9 Å². The molecule has 1 aliphatic carbocycles. The molecule has 146 valence electrons. The highest BCUT2D eigenvalue weighted by Crippen LogP contribution is 2.41. The van der Waals surface area contributed by atoms with Gasteiger partial charge in [0.1, 0.15) is 0 Å². The van der Waals surface area contributed by atoms with Gasteiger partial charge in [-0.2, -0.15) is 0 Å². The lowest BCUT2D eigenvalue weighted by atomic mass is 9.79. The van der Waals surface area contributed by atoms with Gasteiger partial charge in [-0.15, -0.1) is 0 Å². The first-order chi connectivity index (χ1) is 11.4. The standard InChI is InChI=1S/C20H38O4Si/c1-14(15(2)19(22)23-6)17(21)18(16-12-10-9-11-13-16)24-25(7,8)20(3,4)5/h14,16-18,21H,2,9-13H2,1,3-8H3/t14-,17+,18-/m1/s1. The summed E-state index contributed by atoms with van der Waals surface area (Å²) in [7, 11) is -0.692. The lowest BCUT2D eigenvalue weighted by molar-refractivity contribution is -0.137. The van der Waals surface area contributed by atoms with Gasteiger partial charge in [0.05, 0.1) is 19.3 Å². The molecule has 0 bridgehead atoms. The molecule has 1 rings (SSSR count). The number of carbonyl (C=O) groups is 1. The van der Waals surface area contributed by atoms with Crippen LogP contribution in [-0.2, 0) is 14.0 Å². The zero-order valence-electron chi connectivity index (χ0n) is 17.2. The molecule has 0 unspecified atom stereocenters. The van der Waals surface area contributed by atoms with Crippen LogP contribution in [-0.4, -0.2) is 38.7 Å². The molecule has 0 heterocycles. The molecule has 4 nitrogen and oxygen atoms in total. The van der Waals surface area contributed by atoms with Crippen molar-refractivity contribution in [2.75, 3.05) is 7.11 Å². The second kappa shape index (κ2) is 8.83. The Labute approximate surface area is 155 Å². The average Bonchev–Trinajstić information content (AvgIpc) is 2.56. The van der Waals surface area contributed by atoms with E-state index in [1.165, 1.54) is 26.4 Å². The van der Waals surface area contributed by atoms with Gasteiger partial charge in [-0.1, -0.05) is 53.5 Å². The molecule has 0 aromatic carbocycles.